The Balaban J connectivity index is 2.13. The van der Waals surface area contributed by atoms with Crippen molar-refractivity contribution in [3.8, 4) is 0 Å². The van der Waals surface area contributed by atoms with Crippen molar-refractivity contribution in [1.29, 1.82) is 0 Å². The third-order valence-corrected chi connectivity index (χ3v) is 3.16. The van der Waals surface area contributed by atoms with Crippen LogP contribution in [0.15, 0.2) is 24.3 Å². The van der Waals surface area contributed by atoms with E-state index >= 15 is 0 Å². The molecule has 2 atom stereocenters. The van der Waals surface area contributed by atoms with Crippen LogP contribution in [-0.2, 0) is 4.79 Å². The quantitative estimate of drug-likeness (QED) is 0.680. The average molecular weight is 186 g/mol. The number of aliphatic carboxylic acids is 1. The van der Waals surface area contributed by atoms with E-state index in [1.165, 1.54) is 10.4 Å². The van der Waals surface area contributed by atoms with Crippen LogP contribution in [0.3, 0.4) is 0 Å². The van der Waals surface area contributed by atoms with Gasteiger partial charge in [-0.1, -0.05) is 36.4 Å². The summed E-state index contributed by atoms with van der Waals surface area (Å²) in [5.74, 6) is -0.368. The summed E-state index contributed by atoms with van der Waals surface area (Å²) in [5, 5.41) is 11.3. The van der Waals surface area contributed by atoms with Crippen molar-refractivity contribution in [3.63, 3.8) is 0 Å². The molecule has 1 fully saturated rings. The minimum atomic E-state index is -0.666. The first-order chi connectivity index (χ1) is 6.77. The standard InChI is InChI=1S/C12H10O2/c13-12(14)11-9-5-7-3-1-2-4-8(7)6-10(9)11/h1-6,9-11H,(H,13,14). The first kappa shape index (κ1) is 7.80. The predicted octanol–water partition coefficient (Wildman–Crippen LogP) is 0.208. The number of benzene rings is 1. The molecule has 0 aromatic heterocycles. The van der Waals surface area contributed by atoms with E-state index in [2.05, 4.69) is 12.2 Å². The largest absolute Gasteiger partial charge is 0.481 e. The maximum absolute atomic E-state index is 10.8. The van der Waals surface area contributed by atoms with Crippen LogP contribution in [0.5, 0.6) is 0 Å². The maximum Gasteiger partial charge on any atom is 0.307 e. The number of carbonyl (C=O) groups is 1. The fourth-order valence-corrected chi connectivity index (χ4v) is 2.35. The van der Waals surface area contributed by atoms with Crippen LogP contribution >= 0.6 is 0 Å². The van der Waals surface area contributed by atoms with E-state index in [1.54, 1.807) is 0 Å². The lowest BCUT2D eigenvalue weighted by molar-refractivity contribution is -0.138. The highest BCUT2D eigenvalue weighted by molar-refractivity contribution is 5.79. The van der Waals surface area contributed by atoms with Gasteiger partial charge in [0.2, 0.25) is 0 Å². The Kier molecular flexibility index (Phi) is 1.38. The van der Waals surface area contributed by atoms with E-state index in [9.17, 15) is 4.79 Å². The molecule has 14 heavy (non-hydrogen) atoms. The molecule has 1 aromatic carbocycles. The van der Waals surface area contributed by atoms with E-state index < -0.39 is 5.97 Å². The average Bonchev–Trinajstić information content (AvgIpc) is 2.86. The van der Waals surface area contributed by atoms with Crippen LogP contribution in [0.2, 0.25) is 0 Å². The van der Waals surface area contributed by atoms with Crippen molar-refractivity contribution in [2.24, 2.45) is 17.8 Å². The van der Waals surface area contributed by atoms with Crippen LogP contribution in [0.25, 0.3) is 12.2 Å². The van der Waals surface area contributed by atoms with Gasteiger partial charge >= 0.3 is 5.97 Å². The number of hydrogen-bond donors (Lipinski definition) is 1. The Morgan fingerprint density at radius 1 is 1.07 bits per heavy atom. The zero-order chi connectivity index (χ0) is 9.71. The molecule has 3 rings (SSSR count). The summed E-state index contributed by atoms with van der Waals surface area (Å²) in [6.45, 7) is 0. The van der Waals surface area contributed by atoms with Gasteiger partial charge in [0, 0.05) is 0 Å². The number of rotatable bonds is 1. The van der Waals surface area contributed by atoms with Crippen molar-refractivity contribution in [2.75, 3.05) is 0 Å². The molecule has 0 heterocycles. The molecular weight excluding hydrogens is 176 g/mol. The monoisotopic (exact) mass is 186 g/mol. The molecule has 1 aromatic rings. The Hall–Kier alpha value is -1.57. The number of carboxylic acid groups (broad SMARTS) is 1. The zero-order valence-electron chi connectivity index (χ0n) is 7.55. The number of fused-ring (bicyclic) bond motifs is 2. The molecule has 2 nitrogen and oxygen atoms in total. The first-order valence-electron chi connectivity index (χ1n) is 4.79. The van der Waals surface area contributed by atoms with Crippen LogP contribution in [0.1, 0.15) is 0 Å². The van der Waals surface area contributed by atoms with Crippen molar-refractivity contribution in [3.05, 3.63) is 34.7 Å². The summed E-state index contributed by atoms with van der Waals surface area (Å²) in [4.78, 5) is 10.8. The summed E-state index contributed by atoms with van der Waals surface area (Å²) >= 11 is 0. The molecule has 0 bridgehead atoms. The number of hydrogen-bond acceptors (Lipinski definition) is 1. The number of carboxylic acids is 1. The normalized spacial score (nSPS) is 31.9. The molecule has 0 radical (unpaired) electrons. The van der Waals surface area contributed by atoms with E-state index in [4.69, 9.17) is 5.11 Å². The zero-order valence-corrected chi connectivity index (χ0v) is 7.55. The third-order valence-electron chi connectivity index (χ3n) is 3.16. The Bertz CT molecular complexity index is 474. The van der Waals surface area contributed by atoms with Gasteiger partial charge in [0.05, 0.1) is 5.92 Å². The van der Waals surface area contributed by atoms with Gasteiger partial charge in [0.15, 0.2) is 0 Å². The van der Waals surface area contributed by atoms with Crippen LogP contribution in [0, 0.1) is 17.8 Å². The molecule has 0 spiro atoms. The molecular formula is C12H10O2. The molecule has 2 aliphatic rings. The Morgan fingerprint density at radius 3 is 2.00 bits per heavy atom. The SMILES string of the molecule is O=C(O)C1C2C=c3ccccc3=CC21. The second kappa shape index (κ2) is 2.47. The summed E-state index contributed by atoms with van der Waals surface area (Å²) < 4.78 is 0. The first-order valence-corrected chi connectivity index (χ1v) is 4.79. The smallest absolute Gasteiger partial charge is 0.307 e. The lowest BCUT2D eigenvalue weighted by Crippen LogP contribution is -2.26. The van der Waals surface area contributed by atoms with Crippen molar-refractivity contribution in [1.82, 2.24) is 0 Å². The van der Waals surface area contributed by atoms with Gasteiger partial charge in [0.25, 0.3) is 0 Å². The van der Waals surface area contributed by atoms with Gasteiger partial charge in [-0.15, -0.1) is 0 Å². The van der Waals surface area contributed by atoms with Gasteiger partial charge in [0.1, 0.15) is 0 Å². The fraction of sp³-hybridized carbons (Fsp3) is 0.250. The van der Waals surface area contributed by atoms with Gasteiger partial charge in [-0.3, -0.25) is 4.79 Å². The highest BCUT2D eigenvalue weighted by atomic mass is 16.4. The van der Waals surface area contributed by atoms with Crippen molar-refractivity contribution in [2.45, 2.75) is 0 Å². The van der Waals surface area contributed by atoms with E-state index in [0.717, 1.165) is 0 Å². The molecule has 70 valence electrons. The minimum Gasteiger partial charge on any atom is -0.481 e. The molecule has 2 unspecified atom stereocenters. The maximum atomic E-state index is 10.8. The van der Waals surface area contributed by atoms with E-state index in [1.807, 2.05) is 24.3 Å². The Labute approximate surface area is 81.2 Å². The van der Waals surface area contributed by atoms with Crippen molar-refractivity contribution < 1.29 is 9.90 Å². The van der Waals surface area contributed by atoms with Gasteiger partial charge < -0.3 is 5.11 Å². The molecule has 1 N–H and O–H groups in total. The van der Waals surface area contributed by atoms with Crippen LogP contribution in [0.4, 0.5) is 0 Å². The molecule has 1 saturated carbocycles. The van der Waals surface area contributed by atoms with E-state index in [0.29, 0.717) is 0 Å². The summed E-state index contributed by atoms with van der Waals surface area (Å²) in [6.07, 6.45) is 4.19. The van der Waals surface area contributed by atoms with Crippen LogP contribution in [-0.4, -0.2) is 11.1 Å². The van der Waals surface area contributed by atoms with Crippen LogP contribution < -0.4 is 10.4 Å². The molecule has 2 heteroatoms. The van der Waals surface area contributed by atoms with E-state index in [-0.39, 0.29) is 17.8 Å². The minimum absolute atomic E-state index is 0.178. The molecule has 0 saturated heterocycles. The Morgan fingerprint density at radius 2 is 1.57 bits per heavy atom. The lowest BCUT2D eigenvalue weighted by atomic mass is 10.1. The topological polar surface area (TPSA) is 37.3 Å². The molecule has 2 aliphatic carbocycles. The highest BCUT2D eigenvalue weighted by Gasteiger charge is 2.52. The predicted molar refractivity (Wildman–Crippen MR) is 52.7 cm³/mol. The molecule has 0 aliphatic heterocycles. The summed E-state index contributed by atoms with van der Waals surface area (Å²) in [6, 6.07) is 8.06. The second-order valence-electron chi connectivity index (χ2n) is 3.98. The second-order valence-corrected chi connectivity index (χ2v) is 3.98. The third kappa shape index (κ3) is 0.939. The van der Waals surface area contributed by atoms with Gasteiger partial charge in [-0.25, -0.2) is 0 Å². The lowest BCUT2D eigenvalue weighted by Gasteiger charge is -1.95. The van der Waals surface area contributed by atoms with Crippen molar-refractivity contribution >= 4 is 18.1 Å². The fourth-order valence-electron chi connectivity index (χ4n) is 2.35. The molecule has 0 amide bonds. The summed E-state index contributed by atoms with van der Waals surface area (Å²) in [5.41, 5.74) is 0. The highest BCUT2D eigenvalue weighted by Crippen LogP contribution is 2.49. The summed E-state index contributed by atoms with van der Waals surface area (Å²) in [7, 11) is 0. The van der Waals surface area contributed by atoms with Gasteiger partial charge in [-0.2, -0.15) is 0 Å². The van der Waals surface area contributed by atoms with Gasteiger partial charge in [-0.05, 0) is 22.3 Å².